The van der Waals surface area contributed by atoms with Crippen molar-refractivity contribution < 1.29 is 28.2 Å². The van der Waals surface area contributed by atoms with Gasteiger partial charge in [-0.15, -0.1) is 0 Å². The third-order valence-corrected chi connectivity index (χ3v) is 6.58. The first-order valence-corrected chi connectivity index (χ1v) is 13.6. The number of ether oxygens (including phenoxy) is 3. The number of fused-ring (bicyclic) bond motifs is 1. The Morgan fingerprint density at radius 3 is 2.20 bits per heavy atom. The highest BCUT2D eigenvalue weighted by Crippen LogP contribution is 2.25. The first-order valence-electron chi connectivity index (χ1n) is 13.0. The smallest absolute Gasteiger partial charge is 0.343 e. The van der Waals surface area contributed by atoms with E-state index in [0.717, 1.165) is 65.8 Å². The van der Waals surface area contributed by atoms with Crippen LogP contribution in [0.3, 0.4) is 0 Å². The van der Waals surface area contributed by atoms with Crippen LogP contribution in [0.15, 0.2) is 72.8 Å². The number of unbranched alkanes of at least 4 members (excludes halogenated alkanes) is 3. The van der Waals surface area contributed by atoms with E-state index in [2.05, 4.69) is 12.6 Å². The summed E-state index contributed by atoms with van der Waals surface area (Å²) in [5, 5.41) is 9.21. The molecule has 0 bridgehead atoms. The third kappa shape index (κ3) is 7.48. The van der Waals surface area contributed by atoms with E-state index < -0.39 is 17.8 Å². The first kappa shape index (κ1) is 28.8. The van der Waals surface area contributed by atoms with Gasteiger partial charge in [-0.2, -0.15) is 12.6 Å². The molecule has 0 heterocycles. The van der Waals surface area contributed by atoms with E-state index >= 15 is 0 Å². The van der Waals surface area contributed by atoms with E-state index in [4.69, 9.17) is 19.6 Å². The number of thiol groups is 1. The minimum atomic E-state index is -0.882. The van der Waals surface area contributed by atoms with Gasteiger partial charge in [-0.1, -0.05) is 36.6 Å². The monoisotopic (exact) mass is 559 g/mol. The van der Waals surface area contributed by atoms with Crippen LogP contribution in [0.25, 0.3) is 10.8 Å². The highest BCUT2D eigenvalue weighted by atomic mass is 32.1. The van der Waals surface area contributed by atoms with Gasteiger partial charge in [0.05, 0.1) is 17.7 Å². The van der Waals surface area contributed by atoms with E-state index in [-0.39, 0.29) is 22.6 Å². The molecule has 0 fully saturated rings. The van der Waals surface area contributed by atoms with E-state index in [1.54, 1.807) is 36.4 Å². The predicted octanol–water partition coefficient (Wildman–Crippen LogP) is 7.59. The van der Waals surface area contributed by atoms with Gasteiger partial charge in [0.2, 0.25) is 0 Å². The molecule has 206 valence electrons. The SMILES string of the molecule is Cc1ccc(OC(=O)c2ccc(OC(=O)c3ccc4cc(OCCCCCCS)ccc4c3)c(F)c2)c(C=N)c1. The van der Waals surface area contributed by atoms with Gasteiger partial charge < -0.3 is 19.6 Å². The van der Waals surface area contributed by atoms with Gasteiger partial charge in [0.15, 0.2) is 11.6 Å². The van der Waals surface area contributed by atoms with Crippen LogP contribution in [0.1, 0.15) is 57.5 Å². The molecule has 4 aromatic carbocycles. The van der Waals surface area contributed by atoms with E-state index in [0.29, 0.717) is 12.2 Å². The molecule has 0 saturated carbocycles. The summed E-state index contributed by atoms with van der Waals surface area (Å²) in [4.78, 5) is 25.3. The summed E-state index contributed by atoms with van der Waals surface area (Å²) < 4.78 is 31.2. The van der Waals surface area contributed by atoms with Crippen molar-refractivity contribution in [2.24, 2.45) is 0 Å². The van der Waals surface area contributed by atoms with Crippen molar-refractivity contribution in [2.45, 2.75) is 32.6 Å². The maximum absolute atomic E-state index is 14.8. The Labute approximate surface area is 238 Å². The maximum atomic E-state index is 14.8. The van der Waals surface area contributed by atoms with Gasteiger partial charge in [-0.3, -0.25) is 0 Å². The number of esters is 2. The molecule has 0 aromatic heterocycles. The zero-order valence-electron chi connectivity index (χ0n) is 22.1. The summed E-state index contributed by atoms with van der Waals surface area (Å²) in [7, 11) is 0. The molecule has 0 atom stereocenters. The Bertz CT molecular complexity index is 1540. The number of nitrogens with one attached hydrogen (secondary N) is 1. The van der Waals surface area contributed by atoms with Gasteiger partial charge in [0.25, 0.3) is 0 Å². The predicted molar refractivity (Wildman–Crippen MR) is 157 cm³/mol. The van der Waals surface area contributed by atoms with Gasteiger partial charge in [0, 0.05) is 11.8 Å². The number of hydrogen-bond donors (Lipinski definition) is 2. The van der Waals surface area contributed by atoms with Crippen molar-refractivity contribution in [1.29, 1.82) is 5.41 Å². The van der Waals surface area contributed by atoms with Crippen LogP contribution in [0, 0.1) is 18.2 Å². The fourth-order valence-corrected chi connectivity index (χ4v) is 4.32. The number of benzene rings is 4. The zero-order chi connectivity index (χ0) is 28.5. The number of hydrogen-bond acceptors (Lipinski definition) is 7. The van der Waals surface area contributed by atoms with Gasteiger partial charge >= 0.3 is 11.9 Å². The normalized spacial score (nSPS) is 10.8. The lowest BCUT2D eigenvalue weighted by atomic mass is 10.1. The van der Waals surface area contributed by atoms with Crippen LogP contribution >= 0.6 is 12.6 Å². The molecule has 6 nitrogen and oxygen atoms in total. The van der Waals surface area contributed by atoms with Crippen molar-refractivity contribution in [1.82, 2.24) is 0 Å². The van der Waals surface area contributed by atoms with E-state index in [9.17, 15) is 14.0 Å². The largest absolute Gasteiger partial charge is 0.494 e. The summed E-state index contributed by atoms with van der Waals surface area (Å²) >= 11 is 4.22. The molecule has 1 N–H and O–H groups in total. The Morgan fingerprint density at radius 1 is 0.800 bits per heavy atom. The topological polar surface area (TPSA) is 85.7 Å². The van der Waals surface area contributed by atoms with Gasteiger partial charge in [-0.25, -0.2) is 14.0 Å². The van der Waals surface area contributed by atoms with Crippen LogP contribution in [0.4, 0.5) is 4.39 Å². The molecule has 4 rings (SSSR count). The molecule has 40 heavy (non-hydrogen) atoms. The lowest BCUT2D eigenvalue weighted by Gasteiger charge is -2.10. The number of carbonyl (C=O) groups is 2. The van der Waals surface area contributed by atoms with Crippen LogP contribution < -0.4 is 14.2 Å². The second-order valence-electron chi connectivity index (χ2n) is 9.32. The van der Waals surface area contributed by atoms with Crippen molar-refractivity contribution in [2.75, 3.05) is 12.4 Å². The first-order chi connectivity index (χ1) is 19.4. The minimum absolute atomic E-state index is 0.0600. The molecule has 4 aromatic rings. The number of aryl methyl sites for hydroxylation is 1. The molecular formula is C32H30FNO5S. The molecular weight excluding hydrogens is 529 g/mol. The molecule has 8 heteroatoms. The summed E-state index contributed by atoms with van der Waals surface area (Å²) in [5.74, 6) is -0.863. The molecule has 0 aliphatic carbocycles. The van der Waals surface area contributed by atoms with Crippen molar-refractivity contribution in [3.8, 4) is 17.2 Å². The Balaban J connectivity index is 1.38. The summed E-state index contributed by atoms with van der Waals surface area (Å²) in [6.45, 7) is 2.49. The van der Waals surface area contributed by atoms with Gasteiger partial charge in [0.1, 0.15) is 11.5 Å². The average molecular weight is 560 g/mol. The van der Waals surface area contributed by atoms with Crippen molar-refractivity contribution in [3.63, 3.8) is 0 Å². The Morgan fingerprint density at radius 2 is 1.45 bits per heavy atom. The summed E-state index contributed by atoms with van der Waals surface area (Å²) in [6, 6.07) is 19.2. The van der Waals surface area contributed by atoms with Crippen LogP contribution in [-0.4, -0.2) is 30.5 Å². The summed E-state index contributed by atoms with van der Waals surface area (Å²) in [6.07, 6.45) is 5.41. The highest BCUT2D eigenvalue weighted by molar-refractivity contribution is 7.80. The van der Waals surface area contributed by atoms with Gasteiger partial charge in [-0.05, 0) is 90.9 Å². The molecule has 0 aliphatic rings. The van der Waals surface area contributed by atoms with Crippen molar-refractivity contribution in [3.05, 3.63) is 101 Å². The highest BCUT2D eigenvalue weighted by Gasteiger charge is 2.17. The molecule has 0 amide bonds. The third-order valence-electron chi connectivity index (χ3n) is 6.26. The average Bonchev–Trinajstić information content (AvgIpc) is 2.96. The fraction of sp³-hybridized carbons (Fsp3) is 0.219. The quantitative estimate of drug-likeness (QED) is 0.0614. The van der Waals surface area contributed by atoms with E-state index in [1.165, 1.54) is 12.1 Å². The van der Waals surface area contributed by atoms with Crippen molar-refractivity contribution >= 4 is 41.6 Å². The number of carbonyl (C=O) groups excluding carboxylic acids is 2. The Hall–Kier alpha value is -4.17. The van der Waals surface area contributed by atoms with Crippen LogP contribution in [0.2, 0.25) is 0 Å². The fourth-order valence-electron chi connectivity index (χ4n) is 4.10. The maximum Gasteiger partial charge on any atom is 0.343 e. The van der Waals surface area contributed by atoms with Crippen LogP contribution in [0.5, 0.6) is 17.2 Å². The molecule has 0 spiro atoms. The molecule has 0 aliphatic heterocycles. The second-order valence-corrected chi connectivity index (χ2v) is 9.77. The second kappa shape index (κ2) is 13.8. The Kier molecular flexibility index (Phi) is 9.91. The summed E-state index contributed by atoms with van der Waals surface area (Å²) in [5.41, 5.74) is 1.53. The standard InChI is InChI=1S/C32H30FNO5S/c1-21-6-12-29(26(16-21)20-34)38-32(36)25-10-13-30(28(33)19-25)39-31(35)24-8-7-23-18-27(11-9-22(23)17-24)37-14-4-2-3-5-15-40/h6-13,16-20,34,40H,2-5,14-15H2,1H3. The molecule has 0 radical (unpaired) electrons. The lowest BCUT2D eigenvalue weighted by molar-refractivity contribution is 0.0727. The molecule has 0 saturated heterocycles. The van der Waals surface area contributed by atoms with E-state index in [1.807, 2.05) is 25.1 Å². The van der Waals surface area contributed by atoms with Crippen LogP contribution in [-0.2, 0) is 0 Å². The zero-order valence-corrected chi connectivity index (χ0v) is 23.0. The number of rotatable bonds is 12. The minimum Gasteiger partial charge on any atom is -0.494 e. The molecule has 0 unspecified atom stereocenters. The number of halogens is 1. The lowest BCUT2D eigenvalue weighted by Crippen LogP contribution is -2.12.